The van der Waals surface area contributed by atoms with Crippen LogP contribution >= 0.6 is 15.9 Å². The molecule has 1 aliphatic heterocycles. The Balaban J connectivity index is 1.98. The predicted molar refractivity (Wildman–Crippen MR) is 71.9 cm³/mol. The van der Waals surface area contributed by atoms with Gasteiger partial charge in [-0.15, -0.1) is 0 Å². The van der Waals surface area contributed by atoms with Gasteiger partial charge in [0, 0.05) is 16.9 Å². The van der Waals surface area contributed by atoms with Crippen molar-refractivity contribution in [1.29, 1.82) is 0 Å². The Morgan fingerprint density at radius 2 is 2.00 bits per heavy atom. The molecule has 2 unspecified atom stereocenters. The molecule has 2 rings (SSSR count). The summed E-state index contributed by atoms with van der Waals surface area (Å²) < 4.78 is 1.03. The molecule has 0 spiro atoms. The molecule has 96 valence electrons. The number of rotatable bonds is 3. The first kappa shape index (κ1) is 13.2. The van der Waals surface area contributed by atoms with E-state index in [-0.39, 0.29) is 23.9 Å². The lowest BCUT2D eigenvalue weighted by atomic mass is 10.0. The summed E-state index contributed by atoms with van der Waals surface area (Å²) in [6.45, 7) is 2.01. The second-order valence-corrected chi connectivity index (χ2v) is 5.36. The van der Waals surface area contributed by atoms with E-state index in [4.69, 9.17) is 0 Å². The van der Waals surface area contributed by atoms with E-state index in [1.807, 2.05) is 31.2 Å². The molecule has 0 aromatic heterocycles. The van der Waals surface area contributed by atoms with Crippen LogP contribution in [0.15, 0.2) is 28.7 Å². The van der Waals surface area contributed by atoms with Gasteiger partial charge < -0.3 is 0 Å². The highest BCUT2D eigenvalue weighted by atomic mass is 79.9. The third-order valence-corrected chi connectivity index (χ3v) is 3.59. The third-order valence-electron chi connectivity index (χ3n) is 3.06. The minimum Gasteiger partial charge on any atom is -0.299 e. The van der Waals surface area contributed by atoms with Crippen LogP contribution in [0.3, 0.4) is 0 Å². The van der Waals surface area contributed by atoms with Crippen molar-refractivity contribution in [3.8, 4) is 0 Å². The summed E-state index contributed by atoms with van der Waals surface area (Å²) >= 11 is 3.39. The first-order chi connectivity index (χ1) is 8.56. The summed E-state index contributed by atoms with van der Waals surface area (Å²) in [4.78, 5) is 22.7. The van der Waals surface area contributed by atoms with E-state index in [0.29, 0.717) is 12.8 Å². The number of carbonyl (C=O) groups excluding carboxylic acids is 2. The number of halogens is 1. The number of amides is 2. The van der Waals surface area contributed by atoms with Crippen LogP contribution in [0.25, 0.3) is 0 Å². The van der Waals surface area contributed by atoms with Crippen molar-refractivity contribution in [1.82, 2.24) is 10.6 Å². The quantitative estimate of drug-likeness (QED) is 0.838. The number of hydrogen-bond donors (Lipinski definition) is 2. The molecule has 1 aromatic rings. The van der Waals surface area contributed by atoms with Crippen LogP contribution < -0.4 is 10.6 Å². The van der Waals surface area contributed by atoms with Crippen LogP contribution in [0.5, 0.6) is 0 Å². The molecule has 5 heteroatoms. The molecule has 1 saturated heterocycles. The van der Waals surface area contributed by atoms with E-state index in [1.54, 1.807) is 0 Å². The summed E-state index contributed by atoms with van der Waals surface area (Å²) in [6, 6.07) is 7.74. The molecule has 0 bridgehead atoms. The fourth-order valence-corrected chi connectivity index (χ4v) is 2.27. The van der Waals surface area contributed by atoms with E-state index < -0.39 is 0 Å². The van der Waals surface area contributed by atoms with Crippen LogP contribution in [-0.2, 0) is 9.59 Å². The summed E-state index contributed by atoms with van der Waals surface area (Å²) in [5.74, 6) is -0.412. The van der Waals surface area contributed by atoms with E-state index in [1.165, 1.54) is 0 Å². The minimum absolute atomic E-state index is 0.0713. The van der Waals surface area contributed by atoms with E-state index >= 15 is 0 Å². The third kappa shape index (κ3) is 3.17. The number of carbonyl (C=O) groups is 2. The Labute approximate surface area is 114 Å². The molecule has 2 N–H and O–H groups in total. The van der Waals surface area contributed by atoms with Crippen LogP contribution in [0.1, 0.15) is 31.4 Å². The van der Waals surface area contributed by atoms with Crippen LogP contribution in [0.2, 0.25) is 0 Å². The van der Waals surface area contributed by atoms with E-state index in [0.717, 1.165) is 10.0 Å². The Hall–Kier alpha value is -1.20. The predicted octanol–water partition coefficient (Wildman–Crippen LogP) is 1.90. The Morgan fingerprint density at radius 3 is 2.61 bits per heavy atom. The summed E-state index contributed by atoms with van der Waals surface area (Å²) in [6.07, 6.45) is 0.960. The average Bonchev–Trinajstić information content (AvgIpc) is 2.33. The van der Waals surface area contributed by atoms with Crippen molar-refractivity contribution >= 4 is 27.7 Å². The van der Waals surface area contributed by atoms with Gasteiger partial charge in [0.25, 0.3) is 0 Å². The van der Waals surface area contributed by atoms with Crippen molar-refractivity contribution in [2.45, 2.75) is 31.8 Å². The maximum atomic E-state index is 11.6. The lowest BCUT2D eigenvalue weighted by Crippen LogP contribution is -2.51. The molecule has 1 heterocycles. The number of imide groups is 1. The van der Waals surface area contributed by atoms with Gasteiger partial charge in [-0.05, 0) is 31.0 Å². The maximum Gasteiger partial charge on any atom is 0.243 e. The SMILES string of the molecule is CC(NC1CCC(=O)NC1=O)c1ccc(Br)cc1. The summed E-state index contributed by atoms with van der Waals surface area (Å²) in [5, 5.41) is 5.59. The first-order valence-corrected chi connectivity index (χ1v) is 6.71. The van der Waals surface area contributed by atoms with Crippen molar-refractivity contribution in [3.63, 3.8) is 0 Å². The van der Waals surface area contributed by atoms with Crippen molar-refractivity contribution in [3.05, 3.63) is 34.3 Å². The van der Waals surface area contributed by atoms with Crippen molar-refractivity contribution in [2.24, 2.45) is 0 Å². The van der Waals surface area contributed by atoms with Gasteiger partial charge >= 0.3 is 0 Å². The van der Waals surface area contributed by atoms with E-state index in [2.05, 4.69) is 26.6 Å². The van der Waals surface area contributed by atoms with Crippen molar-refractivity contribution < 1.29 is 9.59 Å². The van der Waals surface area contributed by atoms with Gasteiger partial charge in [-0.2, -0.15) is 0 Å². The normalized spacial score (nSPS) is 21.6. The number of benzene rings is 1. The van der Waals surface area contributed by atoms with Gasteiger partial charge in [0.05, 0.1) is 6.04 Å². The molecular weight excluding hydrogens is 296 g/mol. The lowest BCUT2D eigenvalue weighted by molar-refractivity contribution is -0.134. The standard InChI is InChI=1S/C13H15BrN2O2/c1-8(9-2-4-10(14)5-3-9)15-11-6-7-12(17)16-13(11)18/h2-5,8,11,15H,6-7H2,1H3,(H,16,17,18). The van der Waals surface area contributed by atoms with Crippen LogP contribution in [0.4, 0.5) is 0 Å². The molecule has 1 aromatic carbocycles. The zero-order chi connectivity index (χ0) is 13.1. The zero-order valence-corrected chi connectivity index (χ0v) is 11.7. The Kier molecular flexibility index (Phi) is 4.14. The molecule has 1 aliphatic rings. The zero-order valence-electron chi connectivity index (χ0n) is 10.1. The summed E-state index contributed by atoms with van der Waals surface area (Å²) in [5.41, 5.74) is 1.11. The molecule has 0 aliphatic carbocycles. The maximum absolute atomic E-state index is 11.6. The van der Waals surface area contributed by atoms with Crippen LogP contribution in [-0.4, -0.2) is 17.9 Å². The average molecular weight is 311 g/mol. The molecule has 2 atom stereocenters. The number of nitrogens with one attached hydrogen (secondary N) is 2. The van der Waals surface area contributed by atoms with Crippen LogP contribution in [0, 0.1) is 0 Å². The number of piperidine rings is 1. The first-order valence-electron chi connectivity index (χ1n) is 5.91. The summed E-state index contributed by atoms with van der Waals surface area (Å²) in [7, 11) is 0. The molecule has 1 fully saturated rings. The van der Waals surface area contributed by atoms with Gasteiger partial charge in [0.2, 0.25) is 11.8 Å². The fourth-order valence-electron chi connectivity index (χ4n) is 2.00. The van der Waals surface area contributed by atoms with Gasteiger partial charge in [-0.3, -0.25) is 20.2 Å². The van der Waals surface area contributed by atoms with Gasteiger partial charge in [0.1, 0.15) is 0 Å². The largest absolute Gasteiger partial charge is 0.299 e. The van der Waals surface area contributed by atoms with E-state index in [9.17, 15) is 9.59 Å². The van der Waals surface area contributed by atoms with Gasteiger partial charge in [0.15, 0.2) is 0 Å². The topological polar surface area (TPSA) is 58.2 Å². The minimum atomic E-state index is -0.290. The van der Waals surface area contributed by atoms with Crippen molar-refractivity contribution in [2.75, 3.05) is 0 Å². The second kappa shape index (κ2) is 5.63. The Morgan fingerprint density at radius 1 is 1.33 bits per heavy atom. The highest BCUT2D eigenvalue weighted by molar-refractivity contribution is 9.10. The van der Waals surface area contributed by atoms with Gasteiger partial charge in [-0.1, -0.05) is 28.1 Å². The molecule has 0 radical (unpaired) electrons. The molecular formula is C13H15BrN2O2. The monoisotopic (exact) mass is 310 g/mol. The lowest BCUT2D eigenvalue weighted by Gasteiger charge is -2.25. The smallest absolute Gasteiger partial charge is 0.243 e. The molecule has 0 saturated carbocycles. The van der Waals surface area contributed by atoms with Gasteiger partial charge in [-0.25, -0.2) is 0 Å². The Bertz CT molecular complexity index is 459. The second-order valence-electron chi connectivity index (χ2n) is 4.44. The molecule has 4 nitrogen and oxygen atoms in total. The fraction of sp³-hybridized carbons (Fsp3) is 0.385. The number of hydrogen-bond acceptors (Lipinski definition) is 3. The molecule has 2 amide bonds. The molecule has 18 heavy (non-hydrogen) atoms. The highest BCUT2D eigenvalue weighted by Crippen LogP contribution is 2.18. The highest BCUT2D eigenvalue weighted by Gasteiger charge is 2.27.